The average molecular weight is 434 g/mol. The molecule has 0 atom stereocenters. The molecule has 0 N–H and O–H groups in total. The highest BCUT2D eigenvalue weighted by molar-refractivity contribution is 5.82. The molecule has 3 aromatic heterocycles. The van der Waals surface area contributed by atoms with Crippen molar-refractivity contribution in [3.05, 3.63) is 66.5 Å². The average Bonchev–Trinajstić information content (AvgIpc) is 3.18. The zero-order valence-corrected chi connectivity index (χ0v) is 17.4. The topological polar surface area (TPSA) is 67.2 Å². The number of carbonyl (C=O) groups is 1. The molecule has 5 rings (SSSR count). The Morgan fingerprint density at radius 1 is 0.938 bits per heavy atom. The van der Waals surface area contributed by atoms with E-state index in [0.29, 0.717) is 48.9 Å². The number of pyridine rings is 2. The van der Waals surface area contributed by atoms with E-state index in [4.69, 9.17) is 4.98 Å². The summed E-state index contributed by atoms with van der Waals surface area (Å²) in [4.78, 5) is 29.1. The molecule has 0 bridgehead atoms. The number of hydrogen-bond acceptors (Lipinski definition) is 5. The van der Waals surface area contributed by atoms with Gasteiger partial charge in [-0.15, -0.1) is 0 Å². The normalized spacial score (nSPS) is 14.2. The van der Waals surface area contributed by atoms with E-state index in [1.54, 1.807) is 36.0 Å². The maximum atomic E-state index is 14.7. The van der Waals surface area contributed by atoms with Crippen LogP contribution in [-0.2, 0) is 4.79 Å². The van der Waals surface area contributed by atoms with Crippen LogP contribution in [0.5, 0.6) is 0 Å². The van der Waals surface area contributed by atoms with Crippen LogP contribution in [0.1, 0.15) is 6.92 Å². The van der Waals surface area contributed by atoms with E-state index >= 15 is 0 Å². The number of nitrogens with zero attached hydrogens (tertiary/aromatic N) is 6. The Bertz CT molecular complexity index is 1300. The van der Waals surface area contributed by atoms with E-state index in [0.717, 1.165) is 11.9 Å². The van der Waals surface area contributed by atoms with Gasteiger partial charge in [-0.25, -0.2) is 18.7 Å². The summed E-state index contributed by atoms with van der Waals surface area (Å²) in [5, 5.41) is 0. The fraction of sp³-hybridized carbons (Fsp3) is 0.217. The molecule has 1 aliphatic rings. The first-order valence-corrected chi connectivity index (χ1v) is 10.3. The smallest absolute Gasteiger partial charge is 0.219 e. The Labute approximate surface area is 183 Å². The van der Waals surface area contributed by atoms with E-state index in [1.165, 1.54) is 12.1 Å². The lowest BCUT2D eigenvalue weighted by Gasteiger charge is -2.34. The molecule has 0 unspecified atom stereocenters. The Balaban J connectivity index is 1.63. The molecule has 4 aromatic rings. The first-order chi connectivity index (χ1) is 15.5. The van der Waals surface area contributed by atoms with Crippen molar-refractivity contribution in [2.45, 2.75) is 6.92 Å². The molecule has 0 saturated carbocycles. The van der Waals surface area contributed by atoms with Gasteiger partial charge >= 0.3 is 0 Å². The lowest BCUT2D eigenvalue weighted by atomic mass is 10.2. The van der Waals surface area contributed by atoms with Crippen molar-refractivity contribution in [1.82, 2.24) is 24.4 Å². The number of hydrogen-bond donors (Lipinski definition) is 0. The summed E-state index contributed by atoms with van der Waals surface area (Å²) in [7, 11) is 0. The zero-order valence-electron chi connectivity index (χ0n) is 17.4. The number of amides is 1. The number of anilines is 1. The summed E-state index contributed by atoms with van der Waals surface area (Å²) in [6.07, 6.45) is 3.27. The van der Waals surface area contributed by atoms with Gasteiger partial charge in [-0.05, 0) is 36.4 Å². The molecule has 1 saturated heterocycles. The van der Waals surface area contributed by atoms with Crippen LogP contribution in [0.2, 0.25) is 0 Å². The standard InChI is InChI=1S/C23H20F2N6O/c1-15(32)29-10-12-30(13-11-29)21-5-4-20-23(28-21)31(17-6-8-26-9-7-17)22(27-20)18-3-2-16(24)14-19(18)25/h2-9,14H,10-13H2,1H3. The summed E-state index contributed by atoms with van der Waals surface area (Å²) in [5.74, 6) is -0.203. The van der Waals surface area contributed by atoms with Gasteiger partial charge in [0.05, 0.1) is 11.3 Å². The second-order valence-electron chi connectivity index (χ2n) is 7.61. The van der Waals surface area contributed by atoms with Gasteiger partial charge < -0.3 is 9.80 Å². The zero-order chi connectivity index (χ0) is 22.2. The lowest BCUT2D eigenvalue weighted by Crippen LogP contribution is -2.48. The van der Waals surface area contributed by atoms with E-state index in [9.17, 15) is 13.6 Å². The summed E-state index contributed by atoms with van der Waals surface area (Å²) >= 11 is 0. The van der Waals surface area contributed by atoms with Gasteiger partial charge in [0.2, 0.25) is 5.91 Å². The van der Waals surface area contributed by atoms with Crippen molar-refractivity contribution < 1.29 is 13.6 Å². The number of halogens is 2. The van der Waals surface area contributed by atoms with Crippen LogP contribution in [-0.4, -0.2) is 56.5 Å². The highest BCUT2D eigenvalue weighted by Gasteiger charge is 2.23. The van der Waals surface area contributed by atoms with Crippen molar-refractivity contribution in [3.8, 4) is 17.1 Å². The summed E-state index contributed by atoms with van der Waals surface area (Å²) in [6.45, 7) is 4.17. The first kappa shape index (κ1) is 20.0. The van der Waals surface area contributed by atoms with Gasteiger partial charge in [-0.1, -0.05) is 0 Å². The van der Waals surface area contributed by atoms with Crippen molar-refractivity contribution >= 4 is 22.9 Å². The molecule has 0 spiro atoms. The van der Waals surface area contributed by atoms with Crippen LogP contribution < -0.4 is 4.90 Å². The van der Waals surface area contributed by atoms with Crippen LogP contribution in [0, 0.1) is 11.6 Å². The Morgan fingerprint density at radius 3 is 2.38 bits per heavy atom. The third kappa shape index (κ3) is 3.55. The van der Waals surface area contributed by atoms with Crippen LogP contribution in [0.25, 0.3) is 28.2 Å². The Kier molecular flexibility index (Phi) is 5.01. The molecule has 1 aromatic carbocycles. The van der Waals surface area contributed by atoms with Gasteiger partial charge in [0.25, 0.3) is 0 Å². The molecule has 1 amide bonds. The molecule has 0 radical (unpaired) electrons. The minimum Gasteiger partial charge on any atom is -0.353 e. The van der Waals surface area contributed by atoms with Gasteiger partial charge in [-0.2, -0.15) is 0 Å². The largest absolute Gasteiger partial charge is 0.353 e. The number of rotatable bonds is 3. The van der Waals surface area contributed by atoms with Gasteiger partial charge in [0.1, 0.15) is 28.8 Å². The van der Waals surface area contributed by atoms with Crippen LogP contribution >= 0.6 is 0 Å². The quantitative estimate of drug-likeness (QED) is 0.494. The molecule has 7 nitrogen and oxygen atoms in total. The molecule has 32 heavy (non-hydrogen) atoms. The predicted octanol–water partition coefficient (Wildman–Crippen LogP) is 3.43. The van der Waals surface area contributed by atoms with Crippen LogP contribution in [0.4, 0.5) is 14.6 Å². The fourth-order valence-corrected chi connectivity index (χ4v) is 3.96. The van der Waals surface area contributed by atoms with Crippen molar-refractivity contribution in [3.63, 3.8) is 0 Å². The van der Waals surface area contributed by atoms with E-state index in [2.05, 4.69) is 14.9 Å². The molecular formula is C23H20F2N6O. The summed E-state index contributed by atoms with van der Waals surface area (Å²) in [5.41, 5.74) is 2.04. The van der Waals surface area contributed by atoms with E-state index < -0.39 is 11.6 Å². The van der Waals surface area contributed by atoms with Gasteiger partial charge in [0, 0.05) is 51.6 Å². The second-order valence-corrected chi connectivity index (χ2v) is 7.61. The molecule has 9 heteroatoms. The number of benzene rings is 1. The fourth-order valence-electron chi connectivity index (χ4n) is 3.96. The molecule has 162 valence electrons. The third-order valence-electron chi connectivity index (χ3n) is 5.63. The highest BCUT2D eigenvalue weighted by Crippen LogP contribution is 2.31. The lowest BCUT2D eigenvalue weighted by molar-refractivity contribution is -0.129. The minimum atomic E-state index is -0.698. The van der Waals surface area contributed by atoms with Crippen molar-refractivity contribution in [1.29, 1.82) is 0 Å². The van der Waals surface area contributed by atoms with Crippen LogP contribution in [0.15, 0.2) is 54.9 Å². The van der Waals surface area contributed by atoms with Crippen molar-refractivity contribution in [2.24, 2.45) is 0 Å². The predicted molar refractivity (Wildman–Crippen MR) is 116 cm³/mol. The maximum absolute atomic E-state index is 14.7. The first-order valence-electron chi connectivity index (χ1n) is 10.3. The molecule has 4 heterocycles. The van der Waals surface area contributed by atoms with E-state index in [1.807, 2.05) is 17.0 Å². The molecular weight excluding hydrogens is 414 g/mol. The monoisotopic (exact) mass is 434 g/mol. The summed E-state index contributed by atoms with van der Waals surface area (Å²) in [6, 6.07) is 10.7. The molecule has 1 aliphatic heterocycles. The molecule has 1 fully saturated rings. The number of piperazine rings is 1. The van der Waals surface area contributed by atoms with Gasteiger partial charge in [-0.3, -0.25) is 14.3 Å². The third-order valence-corrected chi connectivity index (χ3v) is 5.63. The number of imidazole rings is 1. The van der Waals surface area contributed by atoms with Crippen LogP contribution in [0.3, 0.4) is 0 Å². The number of aromatic nitrogens is 4. The second kappa shape index (κ2) is 7.99. The maximum Gasteiger partial charge on any atom is 0.219 e. The highest BCUT2D eigenvalue weighted by atomic mass is 19.1. The van der Waals surface area contributed by atoms with E-state index in [-0.39, 0.29) is 11.5 Å². The van der Waals surface area contributed by atoms with Gasteiger partial charge in [0.15, 0.2) is 5.65 Å². The SMILES string of the molecule is CC(=O)N1CCN(c2ccc3nc(-c4ccc(F)cc4F)n(-c4ccncc4)c3n2)CC1. The van der Waals surface area contributed by atoms with Crippen molar-refractivity contribution in [2.75, 3.05) is 31.1 Å². The Morgan fingerprint density at radius 2 is 1.69 bits per heavy atom. The summed E-state index contributed by atoms with van der Waals surface area (Å²) < 4.78 is 29.9. The Hall–Kier alpha value is -3.88. The number of fused-ring (bicyclic) bond motifs is 1. The number of carbonyl (C=O) groups excluding carboxylic acids is 1. The minimum absolute atomic E-state index is 0.0646. The molecule has 0 aliphatic carbocycles.